The quantitative estimate of drug-likeness (QED) is 0.400. The molecular weight excluding hydrogens is 308 g/mol. The lowest BCUT2D eigenvalue weighted by atomic mass is 10.2. The van der Waals surface area contributed by atoms with Crippen molar-refractivity contribution in [3.05, 3.63) is 17.7 Å². The summed E-state index contributed by atoms with van der Waals surface area (Å²) in [4.78, 5) is -0.346. The van der Waals surface area contributed by atoms with Crippen molar-refractivity contribution in [2.24, 2.45) is 11.5 Å². The number of nitrogens with one attached hydrogen (secondary N) is 2. The van der Waals surface area contributed by atoms with E-state index in [-0.39, 0.29) is 26.5 Å². The first-order valence-corrected chi connectivity index (χ1v) is 7.12. The average Bonchev–Trinajstić information content (AvgIpc) is 2.18. The summed E-state index contributed by atoms with van der Waals surface area (Å²) in [5.74, 6) is 0. The fraction of sp³-hybridized carbons (Fsp3) is 0.111. The largest absolute Gasteiger partial charge is 0.376 e. The lowest BCUT2D eigenvalue weighted by Gasteiger charge is -2.16. The standard InChI is InChI=1S/C9H12N4O3S3/c1-4-2-3-5(12-8(10)17)6(13-9(11)18)7(4)19(14,15)16/h2-3H,1H3,(H3,10,12,17)(H3,11,13,18)(H,14,15,16). The zero-order valence-electron chi connectivity index (χ0n) is 9.80. The smallest absolute Gasteiger partial charge is 0.296 e. The fourth-order valence-corrected chi connectivity index (χ4v) is 2.61. The van der Waals surface area contributed by atoms with Gasteiger partial charge in [-0.25, -0.2) is 0 Å². The minimum Gasteiger partial charge on any atom is -0.376 e. The van der Waals surface area contributed by atoms with Gasteiger partial charge in [-0.1, -0.05) is 6.07 Å². The molecule has 0 fully saturated rings. The second-order valence-corrected chi connectivity index (χ2v) is 5.83. The maximum atomic E-state index is 11.4. The molecule has 0 heterocycles. The van der Waals surface area contributed by atoms with Crippen LogP contribution >= 0.6 is 24.4 Å². The van der Waals surface area contributed by atoms with Crippen LogP contribution in [0.2, 0.25) is 0 Å². The Balaban J connectivity index is 3.59. The van der Waals surface area contributed by atoms with Crippen LogP contribution in [-0.2, 0) is 10.1 Å². The molecule has 0 aliphatic heterocycles. The molecule has 0 aliphatic rings. The molecule has 1 aromatic rings. The highest BCUT2D eigenvalue weighted by atomic mass is 32.2. The topological polar surface area (TPSA) is 130 Å². The molecule has 1 rings (SSSR count). The third kappa shape index (κ3) is 3.99. The SMILES string of the molecule is Cc1ccc(NC(N)=S)c(NC(N)=S)c1S(=O)(=O)O. The van der Waals surface area contributed by atoms with Crippen LogP contribution in [0.5, 0.6) is 0 Å². The molecule has 0 saturated carbocycles. The molecule has 7 N–H and O–H groups in total. The van der Waals surface area contributed by atoms with Gasteiger partial charge in [0.25, 0.3) is 10.1 Å². The minimum atomic E-state index is -4.47. The van der Waals surface area contributed by atoms with Crippen LogP contribution in [0.1, 0.15) is 5.56 Å². The van der Waals surface area contributed by atoms with Crippen LogP contribution < -0.4 is 22.1 Å². The van der Waals surface area contributed by atoms with Crippen molar-refractivity contribution in [2.75, 3.05) is 10.6 Å². The first-order chi connectivity index (χ1) is 8.62. The summed E-state index contributed by atoms with van der Waals surface area (Å²) < 4.78 is 32.1. The normalized spacial score (nSPS) is 10.8. The van der Waals surface area contributed by atoms with E-state index in [0.29, 0.717) is 5.56 Å². The Kier molecular flexibility index (Phi) is 4.63. The third-order valence-corrected chi connectivity index (χ3v) is 3.36. The maximum Gasteiger partial charge on any atom is 0.296 e. The highest BCUT2D eigenvalue weighted by Crippen LogP contribution is 2.32. The molecule has 0 amide bonds. The predicted octanol–water partition coefficient (Wildman–Crippen LogP) is 0.553. The van der Waals surface area contributed by atoms with Crippen molar-refractivity contribution in [3.8, 4) is 0 Å². The van der Waals surface area contributed by atoms with Crippen LogP contribution in [0, 0.1) is 6.92 Å². The maximum absolute atomic E-state index is 11.4. The van der Waals surface area contributed by atoms with Gasteiger partial charge in [-0.15, -0.1) is 0 Å². The Morgan fingerprint density at radius 2 is 1.74 bits per heavy atom. The summed E-state index contributed by atoms with van der Waals surface area (Å²) in [6.07, 6.45) is 0. The molecule has 0 radical (unpaired) electrons. The molecule has 104 valence electrons. The summed E-state index contributed by atoms with van der Waals surface area (Å²) >= 11 is 9.36. The number of hydrogen-bond acceptors (Lipinski definition) is 4. The first-order valence-electron chi connectivity index (χ1n) is 4.87. The van der Waals surface area contributed by atoms with Crippen molar-refractivity contribution < 1.29 is 13.0 Å². The molecule has 0 saturated heterocycles. The zero-order chi connectivity index (χ0) is 14.8. The van der Waals surface area contributed by atoms with Gasteiger partial charge >= 0.3 is 0 Å². The van der Waals surface area contributed by atoms with Gasteiger partial charge in [0.05, 0.1) is 11.4 Å². The van der Waals surface area contributed by atoms with Crippen LogP contribution in [0.25, 0.3) is 0 Å². The summed E-state index contributed by atoms with van der Waals surface area (Å²) in [5.41, 5.74) is 11.2. The number of nitrogens with two attached hydrogens (primary N) is 2. The Morgan fingerprint density at radius 1 is 1.21 bits per heavy atom. The van der Waals surface area contributed by atoms with E-state index in [4.69, 9.17) is 11.5 Å². The van der Waals surface area contributed by atoms with Crippen molar-refractivity contribution >= 4 is 56.2 Å². The minimum absolute atomic E-state index is 0.0113. The summed E-state index contributed by atoms with van der Waals surface area (Å²) in [6.45, 7) is 1.51. The van der Waals surface area contributed by atoms with Gasteiger partial charge in [0, 0.05) is 0 Å². The van der Waals surface area contributed by atoms with Gasteiger partial charge in [0.15, 0.2) is 10.2 Å². The molecule has 19 heavy (non-hydrogen) atoms. The summed E-state index contributed by atoms with van der Waals surface area (Å²) in [7, 11) is -4.47. The molecular formula is C9H12N4O3S3. The Hall–Kier alpha value is -1.49. The van der Waals surface area contributed by atoms with E-state index in [1.807, 2.05) is 0 Å². The van der Waals surface area contributed by atoms with E-state index in [2.05, 4.69) is 35.1 Å². The van der Waals surface area contributed by atoms with Gasteiger partial charge in [-0.2, -0.15) is 8.42 Å². The van der Waals surface area contributed by atoms with Gasteiger partial charge < -0.3 is 22.1 Å². The number of rotatable bonds is 3. The Labute approximate surface area is 121 Å². The molecule has 1 aromatic carbocycles. The van der Waals surface area contributed by atoms with E-state index >= 15 is 0 Å². The lowest BCUT2D eigenvalue weighted by Crippen LogP contribution is -2.25. The highest BCUT2D eigenvalue weighted by molar-refractivity contribution is 7.86. The molecule has 7 nitrogen and oxygen atoms in total. The molecule has 0 spiro atoms. The third-order valence-electron chi connectivity index (χ3n) is 2.12. The second-order valence-electron chi connectivity index (χ2n) is 3.59. The van der Waals surface area contributed by atoms with Crippen molar-refractivity contribution in [1.82, 2.24) is 0 Å². The fourth-order valence-electron chi connectivity index (χ4n) is 1.50. The van der Waals surface area contributed by atoms with Crippen molar-refractivity contribution in [1.29, 1.82) is 0 Å². The average molecular weight is 320 g/mol. The van der Waals surface area contributed by atoms with E-state index in [0.717, 1.165) is 0 Å². The van der Waals surface area contributed by atoms with Gasteiger partial charge in [-0.3, -0.25) is 4.55 Å². The Bertz CT molecular complexity index is 642. The van der Waals surface area contributed by atoms with Crippen molar-refractivity contribution in [3.63, 3.8) is 0 Å². The van der Waals surface area contributed by atoms with Gasteiger partial charge in [-0.05, 0) is 43.0 Å². The van der Waals surface area contributed by atoms with E-state index in [1.54, 1.807) is 0 Å². The van der Waals surface area contributed by atoms with E-state index in [1.165, 1.54) is 19.1 Å². The predicted molar refractivity (Wildman–Crippen MR) is 81.8 cm³/mol. The molecule has 0 aromatic heterocycles. The molecule has 0 atom stereocenters. The number of hydrogen-bond donors (Lipinski definition) is 5. The first kappa shape index (κ1) is 15.6. The second kappa shape index (κ2) is 5.65. The number of thiocarbonyl (C=S) groups is 2. The Morgan fingerprint density at radius 3 is 2.16 bits per heavy atom. The molecule has 10 heteroatoms. The number of benzene rings is 1. The molecule has 0 unspecified atom stereocenters. The highest BCUT2D eigenvalue weighted by Gasteiger charge is 2.22. The van der Waals surface area contributed by atoms with E-state index < -0.39 is 10.1 Å². The van der Waals surface area contributed by atoms with E-state index in [9.17, 15) is 13.0 Å². The van der Waals surface area contributed by atoms with Crippen LogP contribution in [-0.4, -0.2) is 23.2 Å². The monoisotopic (exact) mass is 320 g/mol. The lowest BCUT2D eigenvalue weighted by molar-refractivity contribution is 0.483. The number of aryl methyl sites for hydroxylation is 1. The van der Waals surface area contributed by atoms with Crippen LogP contribution in [0.4, 0.5) is 11.4 Å². The van der Waals surface area contributed by atoms with Gasteiger partial charge in [0.1, 0.15) is 4.90 Å². The molecule has 0 aliphatic carbocycles. The van der Waals surface area contributed by atoms with Crippen LogP contribution in [0.3, 0.4) is 0 Å². The van der Waals surface area contributed by atoms with Gasteiger partial charge in [0.2, 0.25) is 0 Å². The van der Waals surface area contributed by atoms with Crippen LogP contribution in [0.15, 0.2) is 17.0 Å². The summed E-state index contributed by atoms with van der Waals surface area (Å²) in [5, 5.41) is 4.82. The zero-order valence-corrected chi connectivity index (χ0v) is 12.2. The van der Waals surface area contributed by atoms with Crippen molar-refractivity contribution in [2.45, 2.75) is 11.8 Å². The molecule has 0 bridgehead atoms. The summed E-state index contributed by atoms with van der Waals surface area (Å²) in [6, 6.07) is 3.01. The number of anilines is 2.